The van der Waals surface area contributed by atoms with Crippen molar-refractivity contribution in [3.05, 3.63) is 35.9 Å². The second kappa shape index (κ2) is 6.20. The molecule has 2 heterocycles. The number of imidazole rings is 1. The minimum Gasteiger partial charge on any atom is -0.387 e. The Morgan fingerprint density at radius 2 is 1.89 bits per heavy atom. The Labute approximate surface area is 115 Å². The van der Waals surface area contributed by atoms with Crippen LogP contribution in [-0.4, -0.2) is 14.5 Å². The van der Waals surface area contributed by atoms with E-state index in [0.29, 0.717) is 5.92 Å². The van der Waals surface area contributed by atoms with Crippen LogP contribution in [0.15, 0.2) is 24.7 Å². The van der Waals surface area contributed by atoms with Crippen molar-refractivity contribution in [1.29, 1.82) is 0 Å². The highest BCUT2D eigenvalue weighted by Gasteiger charge is 2.23. The molecule has 19 heavy (non-hydrogen) atoms. The third-order valence-electron chi connectivity index (χ3n) is 3.88. The largest absolute Gasteiger partial charge is 0.387 e. The Bertz CT molecular complexity index is 527. The van der Waals surface area contributed by atoms with Crippen molar-refractivity contribution in [2.75, 3.05) is 0 Å². The minimum absolute atomic E-state index is 0.335. The third kappa shape index (κ3) is 2.81. The van der Waals surface area contributed by atoms with Gasteiger partial charge in [0.2, 0.25) is 0 Å². The van der Waals surface area contributed by atoms with Gasteiger partial charge in [-0.15, -0.1) is 0 Å². The molecule has 0 amide bonds. The van der Waals surface area contributed by atoms with E-state index in [1.807, 2.05) is 16.7 Å². The first-order valence-corrected chi connectivity index (χ1v) is 7.28. The first-order valence-electron chi connectivity index (χ1n) is 7.28. The van der Waals surface area contributed by atoms with Crippen LogP contribution in [0, 0.1) is 12.8 Å². The van der Waals surface area contributed by atoms with E-state index in [2.05, 4.69) is 31.8 Å². The summed E-state index contributed by atoms with van der Waals surface area (Å²) in [5.41, 5.74) is 3.18. The Hall–Kier alpha value is -1.35. The molecule has 2 aromatic heterocycles. The smallest absolute Gasteiger partial charge is 0.0995 e. The highest BCUT2D eigenvalue weighted by atomic mass is 16.3. The van der Waals surface area contributed by atoms with Gasteiger partial charge in [-0.3, -0.25) is 0 Å². The molecular weight excluding hydrogens is 236 g/mol. The van der Waals surface area contributed by atoms with E-state index in [1.165, 1.54) is 0 Å². The van der Waals surface area contributed by atoms with Crippen molar-refractivity contribution in [2.24, 2.45) is 5.92 Å². The van der Waals surface area contributed by atoms with Crippen LogP contribution in [0.4, 0.5) is 0 Å². The number of aliphatic hydroxyl groups is 1. The summed E-state index contributed by atoms with van der Waals surface area (Å²) < 4.78 is 2.03. The van der Waals surface area contributed by atoms with E-state index in [9.17, 15) is 5.11 Å². The maximum atomic E-state index is 10.8. The number of aromatic nitrogens is 2. The van der Waals surface area contributed by atoms with Crippen molar-refractivity contribution in [1.82, 2.24) is 9.38 Å². The summed E-state index contributed by atoms with van der Waals surface area (Å²) in [7, 11) is 0. The predicted octanol–water partition coefficient (Wildman–Crippen LogP) is 3.89. The molecule has 3 nitrogen and oxygen atoms in total. The molecule has 0 bridgehead atoms. The maximum Gasteiger partial charge on any atom is 0.0995 e. The first-order chi connectivity index (χ1) is 9.19. The van der Waals surface area contributed by atoms with E-state index < -0.39 is 6.10 Å². The summed E-state index contributed by atoms with van der Waals surface area (Å²) in [5, 5.41) is 10.8. The zero-order chi connectivity index (χ0) is 13.8. The Balaban J connectivity index is 2.40. The molecule has 1 N–H and O–H groups in total. The number of pyridine rings is 1. The summed E-state index contributed by atoms with van der Waals surface area (Å²) >= 11 is 0. The number of fused-ring (bicyclic) bond motifs is 1. The number of hydrogen-bond acceptors (Lipinski definition) is 2. The molecule has 0 spiro atoms. The number of nitrogens with zero attached hydrogens (tertiary/aromatic N) is 2. The fourth-order valence-electron chi connectivity index (χ4n) is 2.92. The Morgan fingerprint density at radius 3 is 2.53 bits per heavy atom. The van der Waals surface area contributed by atoms with Gasteiger partial charge >= 0.3 is 0 Å². The van der Waals surface area contributed by atoms with E-state index >= 15 is 0 Å². The van der Waals surface area contributed by atoms with E-state index in [-0.39, 0.29) is 0 Å². The molecule has 0 saturated carbocycles. The molecule has 0 aliphatic carbocycles. The van der Waals surface area contributed by atoms with Gasteiger partial charge in [-0.2, -0.15) is 0 Å². The Morgan fingerprint density at radius 1 is 1.21 bits per heavy atom. The molecule has 0 radical (unpaired) electrons. The lowest BCUT2D eigenvalue weighted by atomic mass is 9.89. The van der Waals surface area contributed by atoms with Crippen LogP contribution < -0.4 is 0 Å². The number of aryl methyl sites for hydroxylation is 1. The number of rotatable bonds is 6. The molecule has 0 saturated heterocycles. The summed E-state index contributed by atoms with van der Waals surface area (Å²) in [6.45, 7) is 6.42. The van der Waals surface area contributed by atoms with Gasteiger partial charge in [0.1, 0.15) is 0 Å². The van der Waals surface area contributed by atoms with Gasteiger partial charge in [0.25, 0.3) is 0 Å². The quantitative estimate of drug-likeness (QED) is 0.855. The topological polar surface area (TPSA) is 37.5 Å². The lowest BCUT2D eigenvalue weighted by Crippen LogP contribution is -2.17. The summed E-state index contributed by atoms with van der Waals surface area (Å²) in [5.74, 6) is 0.335. The van der Waals surface area contributed by atoms with Gasteiger partial charge in [0, 0.05) is 0 Å². The monoisotopic (exact) mass is 260 g/mol. The summed E-state index contributed by atoms with van der Waals surface area (Å²) in [6.07, 6.45) is 7.60. The third-order valence-corrected chi connectivity index (χ3v) is 3.88. The van der Waals surface area contributed by atoms with Crippen LogP contribution >= 0.6 is 0 Å². The van der Waals surface area contributed by atoms with Crippen LogP contribution in [0.2, 0.25) is 0 Å². The summed E-state index contributed by atoms with van der Waals surface area (Å²) in [6, 6.07) is 4.12. The van der Waals surface area contributed by atoms with Crippen LogP contribution in [0.3, 0.4) is 0 Å². The van der Waals surface area contributed by atoms with E-state index in [1.54, 1.807) is 6.33 Å². The lowest BCUT2D eigenvalue weighted by molar-refractivity contribution is 0.0908. The average Bonchev–Trinajstić information content (AvgIpc) is 2.86. The predicted molar refractivity (Wildman–Crippen MR) is 78.2 cm³/mol. The van der Waals surface area contributed by atoms with Gasteiger partial charge in [-0.25, -0.2) is 4.98 Å². The number of aliphatic hydroxyl groups excluding tert-OH is 1. The summed E-state index contributed by atoms with van der Waals surface area (Å²) in [4.78, 5) is 4.19. The Kier molecular flexibility index (Phi) is 4.59. The van der Waals surface area contributed by atoms with E-state index in [0.717, 1.165) is 42.5 Å². The molecule has 0 aliphatic heterocycles. The zero-order valence-electron chi connectivity index (χ0n) is 12.1. The van der Waals surface area contributed by atoms with Crippen molar-refractivity contribution in [3.8, 4) is 0 Å². The standard InChI is InChI=1S/C16H24N2O/c1-4-6-13(7-5-2)16(19)15-12(3)8-9-14-10-17-11-18(14)15/h8-11,13,16,19H,4-7H2,1-3H3. The molecule has 0 fully saturated rings. The second-order valence-corrected chi connectivity index (χ2v) is 5.37. The molecule has 2 rings (SSSR count). The second-order valence-electron chi connectivity index (χ2n) is 5.37. The molecule has 1 unspecified atom stereocenters. The molecule has 104 valence electrons. The van der Waals surface area contributed by atoms with Gasteiger partial charge in [-0.1, -0.05) is 32.8 Å². The van der Waals surface area contributed by atoms with Crippen LogP contribution in [0.5, 0.6) is 0 Å². The molecular formula is C16H24N2O. The average molecular weight is 260 g/mol. The van der Waals surface area contributed by atoms with Gasteiger partial charge in [0.15, 0.2) is 0 Å². The molecule has 2 aromatic rings. The normalized spacial score (nSPS) is 13.3. The van der Waals surface area contributed by atoms with Gasteiger partial charge in [-0.05, 0) is 37.3 Å². The van der Waals surface area contributed by atoms with Crippen molar-refractivity contribution >= 4 is 5.52 Å². The minimum atomic E-state index is -0.405. The first kappa shape index (κ1) is 14.1. The number of hydrogen-bond donors (Lipinski definition) is 1. The fraction of sp³-hybridized carbons (Fsp3) is 0.562. The zero-order valence-corrected chi connectivity index (χ0v) is 12.1. The van der Waals surface area contributed by atoms with Crippen molar-refractivity contribution < 1.29 is 5.11 Å². The molecule has 1 atom stereocenters. The highest BCUT2D eigenvalue weighted by Crippen LogP contribution is 2.31. The van der Waals surface area contributed by atoms with E-state index in [4.69, 9.17) is 0 Å². The molecule has 0 aromatic carbocycles. The van der Waals surface area contributed by atoms with Gasteiger partial charge in [0.05, 0.1) is 29.8 Å². The molecule has 0 aliphatic rings. The molecule has 3 heteroatoms. The van der Waals surface area contributed by atoms with Crippen LogP contribution in [0.1, 0.15) is 56.9 Å². The lowest BCUT2D eigenvalue weighted by Gasteiger charge is -2.24. The highest BCUT2D eigenvalue weighted by molar-refractivity contribution is 5.48. The van der Waals surface area contributed by atoms with Crippen molar-refractivity contribution in [3.63, 3.8) is 0 Å². The van der Waals surface area contributed by atoms with Crippen LogP contribution in [0.25, 0.3) is 5.52 Å². The maximum absolute atomic E-state index is 10.8. The fourth-order valence-corrected chi connectivity index (χ4v) is 2.92. The van der Waals surface area contributed by atoms with Crippen LogP contribution in [-0.2, 0) is 0 Å². The SMILES string of the molecule is CCCC(CCC)C(O)c1c(C)ccc2cncn12. The van der Waals surface area contributed by atoms with Gasteiger partial charge < -0.3 is 9.51 Å². The van der Waals surface area contributed by atoms with Crippen molar-refractivity contribution in [2.45, 2.75) is 52.6 Å².